The molecule has 2 saturated heterocycles. The number of likely N-dealkylation sites (tertiary alicyclic amines) is 1. The highest BCUT2D eigenvalue weighted by Gasteiger charge is 2.32. The Balaban J connectivity index is 1.57. The number of piperidine rings is 1. The number of carbonyl (C=O) groups excluding carboxylic acids is 2. The van der Waals surface area contributed by atoms with Crippen molar-refractivity contribution in [2.24, 2.45) is 5.92 Å². The average molecular weight is 347 g/mol. The Morgan fingerprint density at radius 3 is 2.67 bits per heavy atom. The fourth-order valence-corrected chi connectivity index (χ4v) is 4.38. The van der Waals surface area contributed by atoms with Crippen molar-refractivity contribution in [3.63, 3.8) is 0 Å². The first kappa shape index (κ1) is 17.1. The zero-order valence-electron chi connectivity index (χ0n) is 14.1. The molecule has 0 spiro atoms. The summed E-state index contributed by atoms with van der Waals surface area (Å²) >= 11 is 1.92. The smallest absolute Gasteiger partial charge is 0.321 e. The normalized spacial score (nSPS) is 24.5. The zero-order chi connectivity index (χ0) is 16.9. The molecule has 24 heavy (non-hydrogen) atoms. The number of nitrogens with one attached hydrogen (secondary N) is 1. The van der Waals surface area contributed by atoms with Gasteiger partial charge in [-0.25, -0.2) is 4.79 Å². The molecule has 5 nitrogen and oxygen atoms in total. The summed E-state index contributed by atoms with van der Waals surface area (Å²) in [7, 11) is 0. The van der Waals surface area contributed by atoms with Crippen molar-refractivity contribution < 1.29 is 9.59 Å². The summed E-state index contributed by atoms with van der Waals surface area (Å²) in [4.78, 5) is 29.0. The second-order valence-electron chi connectivity index (χ2n) is 6.55. The molecule has 2 aliphatic heterocycles. The third-order valence-electron chi connectivity index (χ3n) is 4.64. The van der Waals surface area contributed by atoms with Crippen molar-refractivity contribution in [2.75, 3.05) is 37.2 Å². The number of anilines is 1. The van der Waals surface area contributed by atoms with Gasteiger partial charge in [0.15, 0.2) is 0 Å². The summed E-state index contributed by atoms with van der Waals surface area (Å²) in [6.07, 6.45) is 1.77. The van der Waals surface area contributed by atoms with Gasteiger partial charge in [-0.3, -0.25) is 4.79 Å². The molecule has 2 atom stereocenters. The van der Waals surface area contributed by atoms with E-state index in [0.29, 0.717) is 18.3 Å². The van der Waals surface area contributed by atoms with Gasteiger partial charge in [-0.2, -0.15) is 11.8 Å². The van der Waals surface area contributed by atoms with Gasteiger partial charge in [0.1, 0.15) is 0 Å². The van der Waals surface area contributed by atoms with Crippen LogP contribution in [-0.2, 0) is 4.79 Å². The van der Waals surface area contributed by atoms with Crippen molar-refractivity contribution in [1.82, 2.24) is 9.80 Å². The molecular weight excluding hydrogens is 322 g/mol. The highest BCUT2D eigenvalue weighted by molar-refractivity contribution is 7.99. The maximum Gasteiger partial charge on any atom is 0.321 e. The fraction of sp³-hybridized carbons (Fsp3) is 0.556. The van der Waals surface area contributed by atoms with Gasteiger partial charge >= 0.3 is 6.03 Å². The van der Waals surface area contributed by atoms with E-state index in [9.17, 15) is 9.59 Å². The predicted molar refractivity (Wildman–Crippen MR) is 98.3 cm³/mol. The SMILES string of the molecule is C[C@H]1CN(C(=O)[C@H]2CCCN(C(=O)Nc3ccccc3)C2)CCS1. The van der Waals surface area contributed by atoms with Crippen LogP contribution < -0.4 is 5.32 Å². The number of nitrogens with zero attached hydrogens (tertiary/aromatic N) is 2. The van der Waals surface area contributed by atoms with Crippen LogP contribution in [0.5, 0.6) is 0 Å². The highest BCUT2D eigenvalue weighted by Crippen LogP contribution is 2.24. The summed E-state index contributed by atoms with van der Waals surface area (Å²) in [5.41, 5.74) is 0.790. The number of para-hydroxylation sites is 1. The lowest BCUT2D eigenvalue weighted by Crippen LogP contribution is -2.50. The van der Waals surface area contributed by atoms with E-state index in [4.69, 9.17) is 0 Å². The van der Waals surface area contributed by atoms with Gasteiger partial charge in [0.05, 0.1) is 5.92 Å². The van der Waals surface area contributed by atoms with Gasteiger partial charge < -0.3 is 15.1 Å². The second kappa shape index (κ2) is 7.92. The van der Waals surface area contributed by atoms with Crippen LogP contribution in [0.3, 0.4) is 0 Å². The van der Waals surface area contributed by atoms with E-state index in [1.54, 1.807) is 4.90 Å². The molecule has 6 heteroatoms. The molecule has 0 unspecified atom stereocenters. The molecule has 0 bridgehead atoms. The quantitative estimate of drug-likeness (QED) is 0.895. The summed E-state index contributed by atoms with van der Waals surface area (Å²) in [6.45, 7) is 5.07. The first-order valence-electron chi connectivity index (χ1n) is 8.65. The van der Waals surface area contributed by atoms with Gasteiger partial charge in [0, 0.05) is 42.9 Å². The monoisotopic (exact) mass is 347 g/mol. The highest BCUT2D eigenvalue weighted by atomic mass is 32.2. The molecule has 2 fully saturated rings. The second-order valence-corrected chi connectivity index (χ2v) is 8.09. The van der Waals surface area contributed by atoms with Crippen LogP contribution in [0.15, 0.2) is 30.3 Å². The molecule has 0 aromatic heterocycles. The lowest BCUT2D eigenvalue weighted by Gasteiger charge is -2.37. The van der Waals surface area contributed by atoms with E-state index in [-0.39, 0.29) is 17.9 Å². The summed E-state index contributed by atoms with van der Waals surface area (Å²) in [6, 6.07) is 9.35. The number of rotatable bonds is 2. The number of hydrogen-bond acceptors (Lipinski definition) is 3. The van der Waals surface area contributed by atoms with E-state index >= 15 is 0 Å². The van der Waals surface area contributed by atoms with Crippen molar-refractivity contribution in [3.05, 3.63) is 30.3 Å². The van der Waals surface area contributed by atoms with Gasteiger partial charge in [0.25, 0.3) is 0 Å². The van der Waals surface area contributed by atoms with Gasteiger partial charge in [-0.15, -0.1) is 0 Å². The molecule has 3 rings (SSSR count). The third kappa shape index (κ3) is 4.23. The number of hydrogen-bond donors (Lipinski definition) is 1. The fourth-order valence-electron chi connectivity index (χ4n) is 3.36. The van der Waals surface area contributed by atoms with Crippen molar-refractivity contribution in [3.8, 4) is 0 Å². The minimum atomic E-state index is -0.110. The van der Waals surface area contributed by atoms with Crippen LogP contribution >= 0.6 is 11.8 Å². The Morgan fingerprint density at radius 2 is 1.92 bits per heavy atom. The van der Waals surface area contributed by atoms with Crippen LogP contribution in [0.2, 0.25) is 0 Å². The molecule has 0 radical (unpaired) electrons. The molecule has 130 valence electrons. The van der Waals surface area contributed by atoms with Crippen molar-refractivity contribution in [2.45, 2.75) is 25.0 Å². The number of thioether (sulfide) groups is 1. The first-order valence-corrected chi connectivity index (χ1v) is 9.69. The molecule has 1 aromatic rings. The van der Waals surface area contributed by atoms with E-state index in [2.05, 4.69) is 12.2 Å². The van der Waals surface area contributed by atoms with Gasteiger partial charge in [0.2, 0.25) is 5.91 Å². The first-order chi connectivity index (χ1) is 11.6. The Labute approximate surface area is 147 Å². The standard InChI is InChI=1S/C18H25N3O2S/c1-14-12-20(10-11-24-14)17(22)15-6-5-9-21(13-15)18(23)19-16-7-3-2-4-8-16/h2-4,7-8,14-15H,5-6,9-13H2,1H3,(H,19,23)/t14-,15-/m0/s1. The lowest BCUT2D eigenvalue weighted by molar-refractivity contribution is -0.136. The molecule has 0 aliphatic carbocycles. The summed E-state index contributed by atoms with van der Waals surface area (Å²) in [5.74, 6) is 1.17. The van der Waals surface area contributed by atoms with Crippen LogP contribution in [-0.4, -0.2) is 58.9 Å². The molecule has 1 aromatic carbocycles. The number of urea groups is 1. The topological polar surface area (TPSA) is 52.7 Å². The Morgan fingerprint density at radius 1 is 1.12 bits per heavy atom. The van der Waals surface area contributed by atoms with E-state index in [1.165, 1.54) is 0 Å². The maximum absolute atomic E-state index is 12.8. The number of benzene rings is 1. The van der Waals surface area contributed by atoms with Crippen LogP contribution in [0.25, 0.3) is 0 Å². The van der Waals surface area contributed by atoms with Crippen LogP contribution in [0.4, 0.5) is 10.5 Å². The largest absolute Gasteiger partial charge is 0.340 e. The number of carbonyl (C=O) groups is 2. The molecular formula is C18H25N3O2S. The minimum absolute atomic E-state index is 0.0597. The molecule has 2 heterocycles. The number of amides is 3. The van der Waals surface area contributed by atoms with Crippen LogP contribution in [0.1, 0.15) is 19.8 Å². The van der Waals surface area contributed by atoms with Gasteiger partial charge in [-0.05, 0) is 25.0 Å². The molecule has 3 amide bonds. The van der Waals surface area contributed by atoms with E-state index in [0.717, 1.165) is 37.4 Å². The zero-order valence-corrected chi connectivity index (χ0v) is 14.9. The third-order valence-corrected chi connectivity index (χ3v) is 5.77. The maximum atomic E-state index is 12.8. The van der Waals surface area contributed by atoms with E-state index < -0.39 is 0 Å². The Hall–Kier alpha value is -1.69. The molecule has 0 saturated carbocycles. The van der Waals surface area contributed by atoms with Crippen molar-refractivity contribution >= 4 is 29.4 Å². The molecule has 2 aliphatic rings. The summed E-state index contributed by atoms with van der Waals surface area (Å²) in [5, 5.41) is 3.42. The van der Waals surface area contributed by atoms with Crippen LogP contribution in [0, 0.1) is 5.92 Å². The average Bonchev–Trinajstić information content (AvgIpc) is 2.62. The van der Waals surface area contributed by atoms with Gasteiger partial charge in [-0.1, -0.05) is 25.1 Å². The molecule has 1 N–H and O–H groups in total. The Kier molecular flexibility index (Phi) is 5.66. The predicted octanol–water partition coefficient (Wildman–Crippen LogP) is 2.89. The van der Waals surface area contributed by atoms with E-state index in [1.807, 2.05) is 47.0 Å². The van der Waals surface area contributed by atoms with Crippen molar-refractivity contribution in [1.29, 1.82) is 0 Å². The lowest BCUT2D eigenvalue weighted by atomic mass is 9.96. The Bertz CT molecular complexity index is 581. The minimum Gasteiger partial charge on any atom is -0.340 e. The summed E-state index contributed by atoms with van der Waals surface area (Å²) < 4.78 is 0.